The third kappa shape index (κ3) is 4.13. The van der Waals surface area contributed by atoms with E-state index in [0.717, 1.165) is 0 Å². The van der Waals surface area contributed by atoms with Crippen molar-refractivity contribution in [2.75, 3.05) is 12.4 Å². The second-order valence-electron chi connectivity index (χ2n) is 4.26. The maximum absolute atomic E-state index is 11.5. The van der Waals surface area contributed by atoms with Crippen LogP contribution in [-0.4, -0.2) is 28.8 Å². The van der Waals surface area contributed by atoms with Crippen molar-refractivity contribution in [2.24, 2.45) is 0 Å². The molecule has 2 N–H and O–H groups in total. The van der Waals surface area contributed by atoms with Gasteiger partial charge in [0, 0.05) is 0 Å². The Labute approximate surface area is 98.2 Å². The summed E-state index contributed by atoms with van der Waals surface area (Å²) in [7, 11) is 1.37. The van der Waals surface area contributed by atoms with Crippen LogP contribution in [0.3, 0.4) is 0 Å². The minimum Gasteiger partial charge on any atom is -0.468 e. The van der Waals surface area contributed by atoms with Crippen LogP contribution in [0.5, 0.6) is 6.01 Å². The molecule has 1 heterocycles. The SMILES string of the molecule is COc1ncc(NC(=O)OC(C)(C)C)c(=O)[nH]1. The summed E-state index contributed by atoms with van der Waals surface area (Å²) in [5.74, 6) is 0. The molecule has 0 radical (unpaired) electrons. The van der Waals surface area contributed by atoms with Gasteiger partial charge in [-0.3, -0.25) is 15.1 Å². The summed E-state index contributed by atoms with van der Waals surface area (Å²) in [6.45, 7) is 5.18. The van der Waals surface area contributed by atoms with Crippen LogP contribution in [0, 0.1) is 0 Å². The molecule has 1 amide bonds. The zero-order valence-corrected chi connectivity index (χ0v) is 10.2. The van der Waals surface area contributed by atoms with Gasteiger partial charge in [0.05, 0.1) is 13.3 Å². The van der Waals surface area contributed by atoms with Crippen LogP contribution in [0.4, 0.5) is 10.5 Å². The molecule has 0 aromatic carbocycles. The molecular formula is C10H15N3O4. The molecular weight excluding hydrogens is 226 g/mol. The first-order valence-electron chi connectivity index (χ1n) is 4.95. The lowest BCUT2D eigenvalue weighted by molar-refractivity contribution is 0.0635. The molecule has 17 heavy (non-hydrogen) atoms. The Kier molecular flexibility index (Phi) is 3.72. The van der Waals surface area contributed by atoms with Crippen LogP contribution in [0.25, 0.3) is 0 Å². The summed E-state index contributed by atoms with van der Waals surface area (Å²) in [4.78, 5) is 28.9. The van der Waals surface area contributed by atoms with Crippen LogP contribution in [0.2, 0.25) is 0 Å². The first-order chi connectivity index (χ1) is 7.81. The zero-order valence-electron chi connectivity index (χ0n) is 10.2. The molecule has 1 aromatic heterocycles. The van der Waals surface area contributed by atoms with Gasteiger partial charge in [0.2, 0.25) is 0 Å². The van der Waals surface area contributed by atoms with Crippen LogP contribution in [0.15, 0.2) is 11.0 Å². The van der Waals surface area contributed by atoms with Gasteiger partial charge < -0.3 is 9.47 Å². The monoisotopic (exact) mass is 241 g/mol. The van der Waals surface area contributed by atoms with Crippen LogP contribution in [0.1, 0.15) is 20.8 Å². The zero-order chi connectivity index (χ0) is 13.1. The minimum atomic E-state index is -0.713. The Balaban J connectivity index is 2.76. The number of carbonyl (C=O) groups excluding carboxylic acids is 1. The number of H-pyrrole nitrogens is 1. The second-order valence-corrected chi connectivity index (χ2v) is 4.26. The Hall–Kier alpha value is -2.05. The lowest BCUT2D eigenvalue weighted by Gasteiger charge is -2.19. The fourth-order valence-electron chi connectivity index (χ4n) is 0.985. The molecule has 7 heteroatoms. The summed E-state index contributed by atoms with van der Waals surface area (Å²) in [6.07, 6.45) is 0.483. The highest BCUT2D eigenvalue weighted by Gasteiger charge is 2.17. The van der Waals surface area contributed by atoms with Gasteiger partial charge in [-0.25, -0.2) is 9.78 Å². The Morgan fingerprint density at radius 1 is 1.47 bits per heavy atom. The summed E-state index contributed by atoms with van der Waals surface area (Å²) in [6, 6.07) is 0.0738. The van der Waals surface area contributed by atoms with Gasteiger partial charge in [-0.15, -0.1) is 0 Å². The van der Waals surface area contributed by atoms with E-state index < -0.39 is 17.3 Å². The molecule has 0 spiro atoms. The number of nitrogens with one attached hydrogen (secondary N) is 2. The lowest BCUT2D eigenvalue weighted by Crippen LogP contribution is -2.29. The summed E-state index contributed by atoms with van der Waals surface area (Å²) in [5.41, 5.74) is -1.14. The standard InChI is InChI=1S/C10H15N3O4/c1-10(2,3)17-9(15)12-6-5-11-8(16-4)13-7(6)14/h5H,1-4H3,(H,12,15)(H,11,13,14). The van der Waals surface area contributed by atoms with E-state index in [9.17, 15) is 9.59 Å². The van der Waals surface area contributed by atoms with Crippen molar-refractivity contribution in [3.63, 3.8) is 0 Å². The number of hydrogen-bond acceptors (Lipinski definition) is 5. The molecule has 1 rings (SSSR count). The number of carbonyl (C=O) groups is 1. The topological polar surface area (TPSA) is 93.3 Å². The van der Waals surface area contributed by atoms with E-state index >= 15 is 0 Å². The van der Waals surface area contributed by atoms with Crippen LogP contribution in [-0.2, 0) is 4.74 Å². The molecule has 0 bridgehead atoms. The number of nitrogens with zero attached hydrogens (tertiary/aromatic N) is 1. The maximum atomic E-state index is 11.5. The van der Waals surface area contributed by atoms with Crippen LogP contribution < -0.4 is 15.6 Å². The molecule has 0 fully saturated rings. The number of ether oxygens (including phenoxy) is 2. The fraction of sp³-hybridized carbons (Fsp3) is 0.500. The third-order valence-electron chi connectivity index (χ3n) is 1.60. The van der Waals surface area contributed by atoms with Crippen molar-refractivity contribution in [3.8, 4) is 6.01 Å². The lowest BCUT2D eigenvalue weighted by atomic mass is 10.2. The van der Waals surface area contributed by atoms with Crippen molar-refractivity contribution in [1.29, 1.82) is 0 Å². The minimum absolute atomic E-state index is 0.0000463. The highest BCUT2D eigenvalue weighted by atomic mass is 16.6. The number of rotatable bonds is 2. The molecule has 0 atom stereocenters. The molecule has 0 aliphatic rings. The predicted molar refractivity (Wildman–Crippen MR) is 61.3 cm³/mol. The summed E-state index contributed by atoms with van der Waals surface area (Å²) < 4.78 is 9.72. The van der Waals surface area contributed by atoms with Gasteiger partial charge in [-0.2, -0.15) is 0 Å². The molecule has 0 unspecified atom stereocenters. The van der Waals surface area contributed by atoms with E-state index in [1.807, 2.05) is 0 Å². The van der Waals surface area contributed by atoms with Crippen LogP contribution >= 0.6 is 0 Å². The maximum Gasteiger partial charge on any atom is 0.412 e. The summed E-state index contributed by atoms with van der Waals surface area (Å²) in [5, 5.41) is 2.30. The molecule has 0 saturated carbocycles. The van der Waals surface area contributed by atoms with E-state index in [-0.39, 0.29) is 11.7 Å². The van der Waals surface area contributed by atoms with E-state index in [2.05, 4.69) is 15.3 Å². The van der Waals surface area contributed by atoms with Gasteiger partial charge >= 0.3 is 6.09 Å². The van der Waals surface area contributed by atoms with Gasteiger partial charge in [-0.1, -0.05) is 0 Å². The molecule has 7 nitrogen and oxygen atoms in total. The number of aromatic amines is 1. The number of aromatic nitrogens is 2. The van der Waals surface area contributed by atoms with Crippen molar-refractivity contribution >= 4 is 11.8 Å². The quantitative estimate of drug-likeness (QED) is 0.809. The smallest absolute Gasteiger partial charge is 0.412 e. The number of methoxy groups -OCH3 is 1. The van der Waals surface area contributed by atoms with Gasteiger partial charge in [0.1, 0.15) is 11.3 Å². The average molecular weight is 241 g/mol. The molecule has 0 saturated heterocycles. The largest absolute Gasteiger partial charge is 0.468 e. The van der Waals surface area contributed by atoms with E-state index in [4.69, 9.17) is 9.47 Å². The molecule has 94 valence electrons. The van der Waals surface area contributed by atoms with Crippen molar-refractivity contribution in [2.45, 2.75) is 26.4 Å². The first-order valence-corrected chi connectivity index (χ1v) is 4.95. The molecule has 0 aliphatic carbocycles. The number of anilines is 1. The highest BCUT2D eigenvalue weighted by Crippen LogP contribution is 2.09. The normalized spacial score (nSPS) is 10.8. The Bertz CT molecular complexity index is 461. The third-order valence-corrected chi connectivity index (χ3v) is 1.60. The van der Waals surface area contributed by atoms with Crippen molar-refractivity contribution in [1.82, 2.24) is 9.97 Å². The van der Waals surface area contributed by atoms with Gasteiger partial charge in [0.25, 0.3) is 11.6 Å². The Morgan fingerprint density at radius 3 is 2.59 bits per heavy atom. The van der Waals surface area contributed by atoms with Crippen molar-refractivity contribution in [3.05, 3.63) is 16.6 Å². The van der Waals surface area contributed by atoms with E-state index in [1.54, 1.807) is 20.8 Å². The van der Waals surface area contributed by atoms with Gasteiger partial charge in [-0.05, 0) is 20.8 Å². The van der Waals surface area contributed by atoms with Gasteiger partial charge in [0.15, 0.2) is 0 Å². The van der Waals surface area contributed by atoms with E-state index in [0.29, 0.717) is 0 Å². The second kappa shape index (κ2) is 4.86. The highest BCUT2D eigenvalue weighted by molar-refractivity contribution is 5.84. The molecule has 1 aromatic rings. The first kappa shape index (κ1) is 13.0. The molecule has 0 aliphatic heterocycles. The number of amides is 1. The predicted octanol–water partition coefficient (Wildman–Crippen LogP) is 1.13. The number of hydrogen-bond donors (Lipinski definition) is 2. The summed E-state index contributed by atoms with van der Waals surface area (Å²) >= 11 is 0. The van der Waals surface area contributed by atoms with E-state index in [1.165, 1.54) is 13.3 Å². The van der Waals surface area contributed by atoms with Crippen molar-refractivity contribution < 1.29 is 14.3 Å². The fourth-order valence-corrected chi connectivity index (χ4v) is 0.985. The average Bonchev–Trinajstić information content (AvgIpc) is 2.18. The Morgan fingerprint density at radius 2 is 2.12 bits per heavy atom.